The number of aromatic nitrogens is 2. The Morgan fingerprint density at radius 3 is 2.38 bits per heavy atom. The number of nitrogens with zero attached hydrogens (tertiary/aromatic N) is 3. The summed E-state index contributed by atoms with van der Waals surface area (Å²) in [5.74, 6) is -0.456. The molecule has 2 heterocycles. The van der Waals surface area contributed by atoms with Gasteiger partial charge in [-0.25, -0.2) is 9.07 Å². The van der Waals surface area contributed by atoms with Gasteiger partial charge in [0, 0.05) is 13.0 Å². The lowest BCUT2D eigenvalue weighted by molar-refractivity contribution is -0.152. The second-order valence-electron chi connectivity index (χ2n) is 8.72. The van der Waals surface area contributed by atoms with Crippen LogP contribution in [0.3, 0.4) is 0 Å². The summed E-state index contributed by atoms with van der Waals surface area (Å²) < 4.78 is 20.3. The van der Waals surface area contributed by atoms with Gasteiger partial charge in [-0.15, -0.1) is 0 Å². The molecule has 0 spiro atoms. The fourth-order valence-corrected chi connectivity index (χ4v) is 4.72. The number of esters is 1. The summed E-state index contributed by atoms with van der Waals surface area (Å²) >= 11 is 0. The summed E-state index contributed by atoms with van der Waals surface area (Å²) in [4.78, 5) is 28.1. The monoisotopic (exact) mass is 463 g/mol. The van der Waals surface area contributed by atoms with Crippen molar-refractivity contribution in [2.24, 2.45) is 0 Å². The zero-order valence-electron chi connectivity index (χ0n) is 19.7. The quantitative estimate of drug-likeness (QED) is 0.364. The second kappa shape index (κ2) is 10.3. The third-order valence-electron chi connectivity index (χ3n) is 6.74. The first-order valence-corrected chi connectivity index (χ1v) is 11.7. The lowest BCUT2D eigenvalue weighted by Gasteiger charge is -2.40. The van der Waals surface area contributed by atoms with Crippen molar-refractivity contribution in [3.05, 3.63) is 83.4 Å². The normalized spacial score (nSPS) is 15.7. The molecule has 0 aliphatic carbocycles. The molecule has 7 heteroatoms. The van der Waals surface area contributed by atoms with Gasteiger partial charge in [-0.3, -0.25) is 9.59 Å². The van der Waals surface area contributed by atoms with Crippen molar-refractivity contribution in [3.8, 4) is 5.69 Å². The van der Waals surface area contributed by atoms with Gasteiger partial charge in [0.05, 0.1) is 35.2 Å². The van der Waals surface area contributed by atoms with Crippen LogP contribution >= 0.6 is 0 Å². The predicted molar refractivity (Wildman–Crippen MR) is 128 cm³/mol. The molecule has 1 aliphatic rings. The maximum Gasteiger partial charge on any atom is 0.316 e. The number of carbonyl (C=O) groups excluding carboxylic acids is 2. The van der Waals surface area contributed by atoms with Gasteiger partial charge in [0.1, 0.15) is 5.82 Å². The molecule has 1 aromatic heterocycles. The van der Waals surface area contributed by atoms with Crippen LogP contribution in [0.25, 0.3) is 5.69 Å². The van der Waals surface area contributed by atoms with Gasteiger partial charge < -0.3 is 9.64 Å². The number of ketones is 1. The van der Waals surface area contributed by atoms with Crippen LogP contribution in [0, 0.1) is 12.7 Å². The minimum atomic E-state index is -0.634. The number of hydrogen-bond acceptors (Lipinski definition) is 5. The number of Topliss-reactive ketones (excluding diaryl/α,β-unsaturated/α-hetero) is 1. The topological polar surface area (TPSA) is 64.4 Å². The van der Waals surface area contributed by atoms with Gasteiger partial charge >= 0.3 is 5.97 Å². The number of hydrogen-bond donors (Lipinski definition) is 0. The molecule has 3 aromatic rings. The lowest BCUT2D eigenvalue weighted by atomic mass is 9.72. The second-order valence-corrected chi connectivity index (χ2v) is 8.72. The van der Waals surface area contributed by atoms with E-state index in [0.717, 1.165) is 24.3 Å². The van der Waals surface area contributed by atoms with Crippen molar-refractivity contribution in [2.45, 2.75) is 38.5 Å². The summed E-state index contributed by atoms with van der Waals surface area (Å²) in [5.41, 5.74) is 2.38. The molecule has 0 atom stereocenters. The summed E-state index contributed by atoms with van der Waals surface area (Å²) in [7, 11) is 0. The SMILES string of the molecule is CCOC(=O)C1(c2ccccc2)CCN(CCC(=O)c2cnn(-c3ccc(F)cc3)c2C)CC1. The smallest absolute Gasteiger partial charge is 0.316 e. The highest BCUT2D eigenvalue weighted by Crippen LogP contribution is 2.37. The molecule has 6 nitrogen and oxygen atoms in total. The minimum absolute atomic E-state index is 0.0242. The average molecular weight is 464 g/mol. The maximum atomic E-state index is 13.2. The highest BCUT2D eigenvalue weighted by Gasteiger charge is 2.44. The van der Waals surface area contributed by atoms with Gasteiger partial charge in [0.15, 0.2) is 5.78 Å². The Bertz CT molecular complexity index is 1130. The van der Waals surface area contributed by atoms with Crippen molar-refractivity contribution >= 4 is 11.8 Å². The largest absolute Gasteiger partial charge is 0.465 e. The highest BCUT2D eigenvalue weighted by atomic mass is 19.1. The van der Waals surface area contributed by atoms with Gasteiger partial charge in [-0.2, -0.15) is 5.10 Å². The molecule has 1 fully saturated rings. The summed E-state index contributed by atoms with van der Waals surface area (Å²) in [6.07, 6.45) is 3.27. The molecule has 1 aliphatic heterocycles. The van der Waals surface area contributed by atoms with Crippen LogP contribution in [0.2, 0.25) is 0 Å². The van der Waals surface area contributed by atoms with Gasteiger partial charge in [0.25, 0.3) is 0 Å². The molecule has 0 amide bonds. The lowest BCUT2D eigenvalue weighted by Crippen LogP contribution is -2.48. The molecular formula is C27H30FN3O3. The molecule has 0 radical (unpaired) electrons. The van der Waals surface area contributed by atoms with Crippen molar-refractivity contribution in [3.63, 3.8) is 0 Å². The Morgan fingerprint density at radius 2 is 1.74 bits per heavy atom. The number of piperidine rings is 1. The third-order valence-corrected chi connectivity index (χ3v) is 6.74. The molecule has 2 aromatic carbocycles. The van der Waals surface area contributed by atoms with Gasteiger partial charge in [0.2, 0.25) is 0 Å². The molecule has 4 rings (SSSR count). The number of halogens is 1. The van der Waals surface area contributed by atoms with E-state index in [1.54, 1.807) is 23.0 Å². The molecule has 0 unspecified atom stereocenters. The van der Waals surface area contributed by atoms with Gasteiger partial charge in [-0.1, -0.05) is 30.3 Å². The number of likely N-dealkylation sites (tertiary alicyclic amines) is 1. The predicted octanol–water partition coefficient (Wildman–Crippen LogP) is 4.49. The number of ether oxygens (including phenoxy) is 1. The Kier molecular flexibility index (Phi) is 7.22. The van der Waals surface area contributed by atoms with E-state index in [2.05, 4.69) is 10.00 Å². The number of benzene rings is 2. The fraction of sp³-hybridized carbons (Fsp3) is 0.370. The fourth-order valence-electron chi connectivity index (χ4n) is 4.72. The molecule has 0 bridgehead atoms. The molecule has 0 N–H and O–H groups in total. The Labute approximate surface area is 199 Å². The average Bonchev–Trinajstić information content (AvgIpc) is 3.25. The van der Waals surface area contributed by atoms with Crippen LogP contribution in [0.1, 0.15) is 47.8 Å². The Morgan fingerprint density at radius 1 is 1.06 bits per heavy atom. The van der Waals surface area contributed by atoms with Crippen molar-refractivity contribution in [1.29, 1.82) is 0 Å². The zero-order chi connectivity index (χ0) is 24.1. The van der Waals surface area contributed by atoms with E-state index in [1.807, 2.05) is 44.2 Å². The Hall–Kier alpha value is -3.32. The van der Waals surface area contributed by atoms with E-state index in [4.69, 9.17) is 4.74 Å². The van der Waals surface area contributed by atoms with E-state index >= 15 is 0 Å². The zero-order valence-corrected chi connectivity index (χ0v) is 19.7. The van der Waals surface area contributed by atoms with E-state index in [0.29, 0.717) is 43.7 Å². The van der Waals surface area contributed by atoms with E-state index in [9.17, 15) is 14.0 Å². The van der Waals surface area contributed by atoms with E-state index in [1.165, 1.54) is 12.1 Å². The highest BCUT2D eigenvalue weighted by molar-refractivity contribution is 5.97. The van der Waals surface area contributed by atoms with Crippen LogP contribution in [0.15, 0.2) is 60.8 Å². The first-order chi connectivity index (χ1) is 16.4. The first-order valence-electron chi connectivity index (χ1n) is 11.7. The van der Waals surface area contributed by atoms with E-state index < -0.39 is 5.41 Å². The van der Waals surface area contributed by atoms with Crippen molar-refractivity contribution in [2.75, 3.05) is 26.2 Å². The van der Waals surface area contributed by atoms with Crippen LogP contribution in [0.4, 0.5) is 4.39 Å². The van der Waals surface area contributed by atoms with Crippen LogP contribution in [0.5, 0.6) is 0 Å². The molecule has 178 valence electrons. The van der Waals surface area contributed by atoms with Crippen molar-refractivity contribution in [1.82, 2.24) is 14.7 Å². The van der Waals surface area contributed by atoms with E-state index in [-0.39, 0.29) is 17.6 Å². The first kappa shape index (κ1) is 23.8. The van der Waals surface area contributed by atoms with Gasteiger partial charge in [-0.05, 0) is 69.6 Å². The summed E-state index contributed by atoms with van der Waals surface area (Å²) in [6, 6.07) is 15.9. The van der Waals surface area contributed by atoms with Crippen LogP contribution in [-0.4, -0.2) is 52.7 Å². The maximum absolute atomic E-state index is 13.2. The molecule has 34 heavy (non-hydrogen) atoms. The summed E-state index contributed by atoms with van der Waals surface area (Å²) in [5, 5.41) is 4.33. The standard InChI is InChI=1S/C27H30FN3O3/c1-3-34-26(33)27(21-7-5-4-6-8-21)14-17-30(18-15-27)16-13-25(32)24-19-29-31(20(24)2)23-11-9-22(28)10-12-23/h4-12,19H,3,13-18H2,1-2H3. The molecular weight excluding hydrogens is 433 g/mol. The third kappa shape index (κ3) is 4.80. The molecule has 0 saturated carbocycles. The van der Waals surface area contributed by atoms with Crippen LogP contribution in [-0.2, 0) is 14.9 Å². The minimum Gasteiger partial charge on any atom is -0.465 e. The Balaban J connectivity index is 1.39. The molecule has 1 saturated heterocycles. The van der Waals surface area contributed by atoms with Crippen molar-refractivity contribution < 1.29 is 18.7 Å². The summed E-state index contributed by atoms with van der Waals surface area (Å²) in [6.45, 7) is 6.09. The number of rotatable bonds is 8. The van der Waals surface area contributed by atoms with Crippen LogP contribution < -0.4 is 0 Å². The number of carbonyl (C=O) groups is 2.